The summed E-state index contributed by atoms with van der Waals surface area (Å²) in [5, 5.41) is 2.25. The number of rotatable bonds is 7. The number of alkyl halides is 1. The Kier molecular flexibility index (Phi) is 6.04. The van der Waals surface area contributed by atoms with Crippen LogP contribution in [0.5, 0.6) is 0 Å². The molecule has 1 aromatic heterocycles. The lowest BCUT2D eigenvalue weighted by Crippen LogP contribution is -2.19. The molecule has 0 aliphatic heterocycles. The van der Waals surface area contributed by atoms with Crippen LogP contribution in [0.4, 0.5) is 9.52 Å². The number of sulfone groups is 1. The van der Waals surface area contributed by atoms with Gasteiger partial charge >= 0.3 is 0 Å². The van der Waals surface area contributed by atoms with Crippen molar-refractivity contribution in [3.05, 3.63) is 70.7 Å². The summed E-state index contributed by atoms with van der Waals surface area (Å²) in [5.41, 5.74) is -1.70. The average molecular weight is 461 g/mol. The predicted octanol–water partition coefficient (Wildman–Crippen LogP) is 3.91. The van der Waals surface area contributed by atoms with Gasteiger partial charge in [-0.1, -0.05) is 23.7 Å². The fraction of sp³-hybridized carbons (Fsp3) is 0.118. The Morgan fingerprint density at radius 2 is 1.61 bits per heavy atom. The van der Waals surface area contributed by atoms with Gasteiger partial charge in [-0.05, 0) is 42.0 Å². The molecule has 1 unspecified atom stereocenters. The predicted molar refractivity (Wildman–Crippen MR) is 107 cm³/mol. The number of aromatic nitrogens is 1. The van der Waals surface area contributed by atoms with Crippen LogP contribution in [0.25, 0.3) is 0 Å². The van der Waals surface area contributed by atoms with E-state index in [1.54, 1.807) is 29.6 Å². The summed E-state index contributed by atoms with van der Waals surface area (Å²) in [5.74, 6) is 0. The van der Waals surface area contributed by atoms with Crippen LogP contribution in [-0.2, 0) is 26.3 Å². The molecule has 28 heavy (non-hydrogen) atoms. The molecule has 0 spiro atoms. The first-order valence-corrected chi connectivity index (χ1v) is 12.1. The second-order valence-corrected chi connectivity index (χ2v) is 10.8. The second-order valence-electron chi connectivity index (χ2n) is 5.70. The number of hydrogen-bond donors (Lipinski definition) is 1. The van der Waals surface area contributed by atoms with Crippen molar-refractivity contribution in [3.8, 4) is 0 Å². The van der Waals surface area contributed by atoms with E-state index in [1.807, 2.05) is 0 Å². The maximum absolute atomic E-state index is 14.5. The SMILES string of the molecule is O=S(=O)(Nc1nccs1)c1ccc(S(=O)(=O)C(F)Cc2ccc(Cl)cc2)cc1. The molecule has 0 amide bonds. The molecule has 0 fully saturated rings. The standard InChI is InChI=1S/C17H14ClFN2O4S3/c18-13-3-1-12(2-4-13)11-16(19)27(22,23)14-5-7-15(8-6-14)28(24,25)21-17-20-9-10-26-17/h1-10,16H,11H2,(H,20,21). The highest BCUT2D eigenvalue weighted by molar-refractivity contribution is 7.93. The van der Waals surface area contributed by atoms with Crippen LogP contribution in [0, 0.1) is 0 Å². The lowest BCUT2D eigenvalue weighted by molar-refractivity contribution is 0.416. The number of nitrogens with zero attached hydrogens (tertiary/aromatic N) is 1. The zero-order chi connectivity index (χ0) is 20.4. The van der Waals surface area contributed by atoms with Crippen molar-refractivity contribution in [2.24, 2.45) is 0 Å². The van der Waals surface area contributed by atoms with Gasteiger partial charge in [-0.2, -0.15) is 0 Å². The number of hydrogen-bond acceptors (Lipinski definition) is 6. The number of nitrogens with one attached hydrogen (secondary N) is 1. The second kappa shape index (κ2) is 8.16. The molecule has 0 bridgehead atoms. The zero-order valence-corrected chi connectivity index (χ0v) is 17.3. The normalized spacial score (nSPS) is 13.2. The topological polar surface area (TPSA) is 93.2 Å². The molecular formula is C17H14ClFN2O4S3. The molecular weight excluding hydrogens is 447 g/mol. The highest BCUT2D eigenvalue weighted by Gasteiger charge is 2.28. The highest BCUT2D eigenvalue weighted by atomic mass is 35.5. The van der Waals surface area contributed by atoms with Gasteiger partial charge in [0.2, 0.25) is 15.3 Å². The maximum Gasteiger partial charge on any atom is 0.263 e. The van der Waals surface area contributed by atoms with E-state index in [1.165, 1.54) is 6.20 Å². The molecule has 0 saturated carbocycles. The van der Waals surface area contributed by atoms with Gasteiger partial charge in [0.1, 0.15) is 0 Å². The summed E-state index contributed by atoms with van der Waals surface area (Å²) < 4.78 is 66.2. The quantitative estimate of drug-likeness (QED) is 0.577. The van der Waals surface area contributed by atoms with Crippen LogP contribution in [0.3, 0.4) is 0 Å². The van der Waals surface area contributed by atoms with Crippen LogP contribution in [0.2, 0.25) is 5.02 Å². The number of benzene rings is 2. The van der Waals surface area contributed by atoms with Crippen molar-refractivity contribution in [3.63, 3.8) is 0 Å². The summed E-state index contributed by atoms with van der Waals surface area (Å²) in [4.78, 5) is 3.37. The Morgan fingerprint density at radius 1 is 1.00 bits per heavy atom. The van der Waals surface area contributed by atoms with E-state index in [0.29, 0.717) is 10.6 Å². The van der Waals surface area contributed by atoms with Gasteiger partial charge in [-0.3, -0.25) is 4.72 Å². The number of sulfonamides is 1. The molecule has 1 atom stereocenters. The highest BCUT2D eigenvalue weighted by Crippen LogP contribution is 2.24. The number of thiazole rings is 1. The van der Waals surface area contributed by atoms with Crippen molar-refractivity contribution in [1.29, 1.82) is 0 Å². The van der Waals surface area contributed by atoms with Crippen molar-refractivity contribution in [2.45, 2.75) is 21.7 Å². The van der Waals surface area contributed by atoms with Gasteiger partial charge in [0, 0.05) is 23.0 Å². The maximum atomic E-state index is 14.5. The molecule has 0 aliphatic carbocycles. The van der Waals surface area contributed by atoms with Gasteiger partial charge in [-0.15, -0.1) is 11.3 Å². The lowest BCUT2D eigenvalue weighted by Gasteiger charge is -2.11. The number of halogens is 2. The van der Waals surface area contributed by atoms with Gasteiger partial charge in [0.25, 0.3) is 10.0 Å². The van der Waals surface area contributed by atoms with E-state index < -0.39 is 25.4 Å². The number of anilines is 1. The lowest BCUT2D eigenvalue weighted by atomic mass is 10.2. The molecule has 2 aromatic carbocycles. The molecule has 1 N–H and O–H groups in total. The van der Waals surface area contributed by atoms with E-state index in [-0.39, 0.29) is 21.3 Å². The summed E-state index contributed by atoms with van der Waals surface area (Å²) in [6, 6.07) is 10.5. The van der Waals surface area contributed by atoms with Crippen LogP contribution in [-0.4, -0.2) is 27.3 Å². The van der Waals surface area contributed by atoms with E-state index in [0.717, 1.165) is 35.6 Å². The Bertz CT molecular complexity index is 1150. The van der Waals surface area contributed by atoms with E-state index in [2.05, 4.69) is 9.71 Å². The Hall–Kier alpha value is -2.01. The van der Waals surface area contributed by atoms with Crippen molar-refractivity contribution >= 4 is 47.9 Å². The van der Waals surface area contributed by atoms with Crippen LogP contribution in [0.15, 0.2) is 69.9 Å². The Morgan fingerprint density at radius 3 is 2.18 bits per heavy atom. The van der Waals surface area contributed by atoms with Crippen molar-refractivity contribution in [1.82, 2.24) is 4.98 Å². The third kappa shape index (κ3) is 4.69. The molecule has 6 nitrogen and oxygen atoms in total. The molecule has 0 aliphatic rings. The summed E-state index contributed by atoms with van der Waals surface area (Å²) in [7, 11) is -8.21. The largest absolute Gasteiger partial charge is 0.263 e. The molecule has 11 heteroatoms. The summed E-state index contributed by atoms with van der Waals surface area (Å²) in [6.45, 7) is 0. The first kappa shape index (κ1) is 20.7. The smallest absolute Gasteiger partial charge is 0.255 e. The fourth-order valence-corrected chi connectivity index (χ4v) is 5.46. The minimum Gasteiger partial charge on any atom is -0.255 e. The zero-order valence-electron chi connectivity index (χ0n) is 14.1. The third-order valence-electron chi connectivity index (χ3n) is 3.76. The van der Waals surface area contributed by atoms with Gasteiger partial charge < -0.3 is 0 Å². The first-order valence-electron chi connectivity index (χ1n) is 7.83. The molecule has 0 saturated heterocycles. The minimum atomic E-state index is -4.28. The Balaban J connectivity index is 1.78. The fourth-order valence-electron chi connectivity index (χ4n) is 2.32. The van der Waals surface area contributed by atoms with E-state index in [9.17, 15) is 21.2 Å². The van der Waals surface area contributed by atoms with Crippen molar-refractivity contribution < 1.29 is 21.2 Å². The Labute approximate surface area is 171 Å². The first-order chi connectivity index (χ1) is 13.2. The van der Waals surface area contributed by atoms with E-state index in [4.69, 9.17) is 11.6 Å². The van der Waals surface area contributed by atoms with Crippen molar-refractivity contribution in [2.75, 3.05) is 4.72 Å². The van der Waals surface area contributed by atoms with Crippen LogP contribution >= 0.6 is 22.9 Å². The van der Waals surface area contributed by atoms with Gasteiger partial charge in [0.15, 0.2) is 5.13 Å². The monoisotopic (exact) mass is 460 g/mol. The van der Waals surface area contributed by atoms with Crippen LogP contribution < -0.4 is 4.72 Å². The van der Waals surface area contributed by atoms with Gasteiger partial charge in [-0.25, -0.2) is 26.2 Å². The molecule has 3 aromatic rings. The molecule has 3 rings (SSSR count). The summed E-state index contributed by atoms with van der Waals surface area (Å²) in [6.07, 6.45) is 1.10. The minimum absolute atomic E-state index is 0.158. The average Bonchev–Trinajstić information content (AvgIpc) is 3.16. The van der Waals surface area contributed by atoms with Gasteiger partial charge in [0.05, 0.1) is 9.79 Å². The molecule has 0 radical (unpaired) electrons. The third-order valence-corrected chi connectivity index (χ3v) is 7.96. The summed E-state index contributed by atoms with van der Waals surface area (Å²) >= 11 is 6.86. The molecule has 1 heterocycles. The molecule has 148 valence electrons. The van der Waals surface area contributed by atoms with E-state index >= 15 is 0 Å². The van der Waals surface area contributed by atoms with Crippen LogP contribution in [0.1, 0.15) is 5.56 Å².